The predicted octanol–water partition coefficient (Wildman–Crippen LogP) is 1.52. The molecule has 0 spiro atoms. The van der Waals surface area contributed by atoms with E-state index in [1.165, 1.54) is 6.33 Å². The molecule has 0 saturated heterocycles. The van der Waals surface area contributed by atoms with Crippen molar-refractivity contribution in [3.8, 4) is 11.5 Å². The van der Waals surface area contributed by atoms with Gasteiger partial charge in [0.15, 0.2) is 17.0 Å². The lowest BCUT2D eigenvalue weighted by Gasteiger charge is -2.11. The third kappa shape index (κ3) is 2.31. The third-order valence-corrected chi connectivity index (χ3v) is 3.05. The number of methoxy groups -OCH3 is 2. The van der Waals surface area contributed by atoms with Crippen LogP contribution in [0, 0.1) is 0 Å². The van der Waals surface area contributed by atoms with Crippen molar-refractivity contribution in [2.24, 2.45) is 7.05 Å². The van der Waals surface area contributed by atoms with Gasteiger partial charge in [0.25, 0.3) is 0 Å². The lowest BCUT2D eigenvalue weighted by atomic mass is 10.2. The fourth-order valence-corrected chi connectivity index (χ4v) is 1.97. The van der Waals surface area contributed by atoms with E-state index in [4.69, 9.17) is 9.47 Å². The summed E-state index contributed by atoms with van der Waals surface area (Å²) < 4.78 is 12.1. The van der Waals surface area contributed by atoms with Crippen LogP contribution in [0.25, 0.3) is 11.2 Å². The monoisotopic (exact) mass is 286 g/mol. The second kappa shape index (κ2) is 5.23. The van der Waals surface area contributed by atoms with Crippen LogP contribution in [-0.2, 0) is 7.05 Å². The summed E-state index contributed by atoms with van der Waals surface area (Å²) in [4.78, 5) is 8.36. The molecule has 0 atom stereocenters. The number of nitrogens with one attached hydrogen (secondary N) is 1. The summed E-state index contributed by atoms with van der Waals surface area (Å²) in [7, 11) is 4.98. The molecular weight excluding hydrogens is 272 g/mol. The topological polar surface area (TPSA) is 87.0 Å². The van der Waals surface area contributed by atoms with Gasteiger partial charge in [0.1, 0.15) is 17.8 Å². The Balaban J connectivity index is 2.02. The molecule has 8 heteroatoms. The number of rotatable bonds is 4. The van der Waals surface area contributed by atoms with E-state index in [0.717, 1.165) is 5.69 Å². The van der Waals surface area contributed by atoms with Gasteiger partial charge in [0.05, 0.1) is 19.9 Å². The summed E-state index contributed by atoms with van der Waals surface area (Å²) >= 11 is 0. The Bertz CT molecular complexity index is 785. The van der Waals surface area contributed by atoms with E-state index in [-0.39, 0.29) is 0 Å². The van der Waals surface area contributed by atoms with E-state index < -0.39 is 0 Å². The van der Waals surface area contributed by atoms with E-state index in [1.54, 1.807) is 32.0 Å². The molecule has 3 aromatic rings. The molecule has 2 aromatic heterocycles. The van der Waals surface area contributed by atoms with Crippen LogP contribution < -0.4 is 14.8 Å². The lowest BCUT2D eigenvalue weighted by molar-refractivity contribution is 0.395. The average Bonchev–Trinajstić information content (AvgIpc) is 2.90. The van der Waals surface area contributed by atoms with Crippen LogP contribution in [0.5, 0.6) is 11.5 Å². The summed E-state index contributed by atoms with van der Waals surface area (Å²) in [6, 6.07) is 5.47. The minimum Gasteiger partial charge on any atom is -0.497 e. The molecule has 0 bridgehead atoms. The number of benzene rings is 1. The first-order chi connectivity index (χ1) is 10.2. The van der Waals surface area contributed by atoms with Crippen molar-refractivity contribution in [1.29, 1.82) is 0 Å². The van der Waals surface area contributed by atoms with Crippen molar-refractivity contribution < 1.29 is 9.47 Å². The summed E-state index contributed by atoms with van der Waals surface area (Å²) in [6.45, 7) is 0. The van der Waals surface area contributed by atoms with Gasteiger partial charge in [-0.1, -0.05) is 5.21 Å². The highest BCUT2D eigenvalue weighted by Crippen LogP contribution is 2.32. The molecule has 0 saturated carbocycles. The number of aromatic nitrogens is 5. The molecule has 0 radical (unpaired) electrons. The van der Waals surface area contributed by atoms with Crippen LogP contribution in [0.1, 0.15) is 0 Å². The lowest BCUT2D eigenvalue weighted by Crippen LogP contribution is -1.99. The summed E-state index contributed by atoms with van der Waals surface area (Å²) in [5, 5.41) is 11.2. The molecule has 0 aliphatic heterocycles. The summed E-state index contributed by atoms with van der Waals surface area (Å²) in [5.74, 6) is 1.92. The van der Waals surface area contributed by atoms with Crippen LogP contribution in [0.4, 0.5) is 11.5 Å². The van der Waals surface area contributed by atoms with E-state index in [9.17, 15) is 0 Å². The third-order valence-electron chi connectivity index (χ3n) is 3.05. The molecule has 1 aromatic carbocycles. The van der Waals surface area contributed by atoms with Crippen molar-refractivity contribution in [3.05, 3.63) is 24.5 Å². The normalized spacial score (nSPS) is 10.6. The van der Waals surface area contributed by atoms with E-state index in [2.05, 4.69) is 25.6 Å². The highest BCUT2D eigenvalue weighted by Gasteiger charge is 2.12. The number of nitrogens with zero attached hydrogens (tertiary/aromatic N) is 5. The van der Waals surface area contributed by atoms with E-state index in [1.807, 2.05) is 12.1 Å². The van der Waals surface area contributed by atoms with Crippen molar-refractivity contribution in [1.82, 2.24) is 25.0 Å². The first-order valence-electron chi connectivity index (χ1n) is 6.22. The molecule has 0 aliphatic rings. The van der Waals surface area contributed by atoms with Crippen molar-refractivity contribution in [3.63, 3.8) is 0 Å². The van der Waals surface area contributed by atoms with Gasteiger partial charge in [-0.2, -0.15) is 0 Å². The van der Waals surface area contributed by atoms with Crippen molar-refractivity contribution >= 4 is 22.7 Å². The second-order valence-electron chi connectivity index (χ2n) is 4.30. The first-order valence-corrected chi connectivity index (χ1v) is 6.22. The number of hydrogen-bond donors (Lipinski definition) is 1. The minimum absolute atomic E-state index is 0.566. The molecule has 0 aliphatic carbocycles. The number of aryl methyl sites for hydroxylation is 1. The smallest absolute Gasteiger partial charge is 0.183 e. The zero-order valence-corrected chi connectivity index (χ0v) is 11.9. The van der Waals surface area contributed by atoms with Gasteiger partial charge in [-0.25, -0.2) is 14.6 Å². The molecule has 0 amide bonds. The van der Waals surface area contributed by atoms with Crippen molar-refractivity contribution in [2.45, 2.75) is 0 Å². The van der Waals surface area contributed by atoms with E-state index in [0.29, 0.717) is 28.5 Å². The minimum atomic E-state index is 0.566. The Morgan fingerprint density at radius 3 is 2.76 bits per heavy atom. The Hall–Kier alpha value is -2.90. The maximum atomic E-state index is 5.35. The van der Waals surface area contributed by atoms with Crippen LogP contribution >= 0.6 is 0 Å². The molecule has 21 heavy (non-hydrogen) atoms. The Kier molecular flexibility index (Phi) is 3.27. The van der Waals surface area contributed by atoms with Gasteiger partial charge in [-0.15, -0.1) is 5.10 Å². The molecule has 0 fully saturated rings. The maximum absolute atomic E-state index is 5.35. The molecule has 108 valence electrons. The zero-order chi connectivity index (χ0) is 14.8. The fourth-order valence-electron chi connectivity index (χ4n) is 1.97. The zero-order valence-electron chi connectivity index (χ0n) is 11.9. The van der Waals surface area contributed by atoms with Gasteiger partial charge < -0.3 is 14.8 Å². The molecule has 0 unspecified atom stereocenters. The van der Waals surface area contributed by atoms with E-state index >= 15 is 0 Å². The quantitative estimate of drug-likeness (QED) is 0.778. The maximum Gasteiger partial charge on any atom is 0.183 e. The van der Waals surface area contributed by atoms with Gasteiger partial charge in [-0.05, 0) is 12.1 Å². The van der Waals surface area contributed by atoms with Crippen LogP contribution in [0.2, 0.25) is 0 Å². The first kappa shape index (κ1) is 13.1. The number of ether oxygens (including phenoxy) is 2. The summed E-state index contributed by atoms with van der Waals surface area (Å²) in [6.07, 6.45) is 1.46. The molecular formula is C13H14N6O2. The van der Waals surface area contributed by atoms with Gasteiger partial charge in [-0.3, -0.25) is 0 Å². The van der Waals surface area contributed by atoms with Gasteiger partial charge in [0.2, 0.25) is 0 Å². The van der Waals surface area contributed by atoms with Crippen LogP contribution in [-0.4, -0.2) is 39.2 Å². The molecule has 8 nitrogen and oxygen atoms in total. The SMILES string of the molecule is COc1ccc(Nc2ncnc3c2nnn3C)c(OC)c1. The standard InChI is InChI=1S/C13H14N6O2/c1-19-13-11(17-18-19)12(14-7-15-13)16-9-5-4-8(20-2)6-10(9)21-3/h4-7H,1-3H3,(H,14,15,16). The number of hydrogen-bond acceptors (Lipinski definition) is 7. The molecule has 3 rings (SSSR count). The predicted molar refractivity (Wildman–Crippen MR) is 76.9 cm³/mol. The van der Waals surface area contributed by atoms with Crippen LogP contribution in [0.3, 0.4) is 0 Å². The van der Waals surface area contributed by atoms with Gasteiger partial charge in [0, 0.05) is 13.1 Å². The summed E-state index contributed by atoms with van der Waals surface area (Å²) in [5.41, 5.74) is 2.00. The number of anilines is 2. The average molecular weight is 286 g/mol. The Labute approximate surface area is 120 Å². The molecule has 2 heterocycles. The molecule has 1 N–H and O–H groups in total. The van der Waals surface area contributed by atoms with Crippen molar-refractivity contribution in [2.75, 3.05) is 19.5 Å². The fraction of sp³-hybridized carbons (Fsp3) is 0.231. The Morgan fingerprint density at radius 1 is 1.14 bits per heavy atom. The second-order valence-corrected chi connectivity index (χ2v) is 4.30. The number of fused-ring (bicyclic) bond motifs is 1. The Morgan fingerprint density at radius 2 is 2.00 bits per heavy atom. The highest BCUT2D eigenvalue weighted by atomic mass is 16.5. The highest BCUT2D eigenvalue weighted by molar-refractivity contribution is 5.85. The van der Waals surface area contributed by atoms with Gasteiger partial charge >= 0.3 is 0 Å². The largest absolute Gasteiger partial charge is 0.497 e. The van der Waals surface area contributed by atoms with Crippen LogP contribution in [0.15, 0.2) is 24.5 Å².